The minimum Gasteiger partial charge on any atom is -0.325 e. The zero-order valence-electron chi connectivity index (χ0n) is 13.8. The molecule has 3 nitrogen and oxygen atoms in total. The van der Waals surface area contributed by atoms with Crippen molar-refractivity contribution in [3.63, 3.8) is 0 Å². The molecule has 21 heavy (non-hydrogen) atoms. The van der Waals surface area contributed by atoms with E-state index in [0.717, 1.165) is 23.7 Å². The summed E-state index contributed by atoms with van der Waals surface area (Å²) >= 11 is 1.65. The molecule has 0 radical (unpaired) electrons. The van der Waals surface area contributed by atoms with Gasteiger partial charge in [0.05, 0.1) is 5.69 Å². The Kier molecular flexibility index (Phi) is 7.83. The van der Waals surface area contributed by atoms with Crippen LogP contribution in [0.2, 0.25) is 0 Å². The molecule has 0 saturated heterocycles. The predicted molar refractivity (Wildman–Crippen MR) is 93.0 cm³/mol. The number of thioether (sulfide) groups is 1. The van der Waals surface area contributed by atoms with Gasteiger partial charge in [-0.15, -0.1) is 11.8 Å². The number of para-hydroxylation sites is 1. The highest BCUT2D eigenvalue weighted by Crippen LogP contribution is 2.24. The molecule has 0 fully saturated rings. The number of hydrogen-bond acceptors (Lipinski definition) is 3. The predicted octanol–water partition coefficient (Wildman–Crippen LogP) is 4.10. The van der Waals surface area contributed by atoms with Gasteiger partial charge in [0, 0.05) is 23.9 Å². The Bertz CT molecular complexity index is 448. The first-order chi connectivity index (χ1) is 9.99. The lowest BCUT2D eigenvalue weighted by molar-refractivity contribution is -0.116. The summed E-state index contributed by atoms with van der Waals surface area (Å²) in [5.74, 6) is 0.691. The molecule has 0 heterocycles. The van der Waals surface area contributed by atoms with Gasteiger partial charge in [-0.05, 0) is 37.8 Å². The highest BCUT2D eigenvalue weighted by Gasteiger charge is 2.16. The van der Waals surface area contributed by atoms with Crippen LogP contribution in [0.25, 0.3) is 0 Å². The fraction of sp³-hybridized carbons (Fsp3) is 0.588. The summed E-state index contributed by atoms with van der Waals surface area (Å²) in [4.78, 5) is 15.6. The number of nitrogens with one attached hydrogen (secondary N) is 1. The summed E-state index contributed by atoms with van der Waals surface area (Å²) in [5, 5.41) is 3.02. The molecule has 0 aliphatic rings. The average Bonchev–Trinajstić information content (AvgIpc) is 2.48. The molecule has 1 unspecified atom stereocenters. The third-order valence-electron chi connectivity index (χ3n) is 3.95. The summed E-state index contributed by atoms with van der Waals surface area (Å²) in [7, 11) is 0. The molecular weight excluding hydrogens is 280 g/mol. The van der Waals surface area contributed by atoms with Gasteiger partial charge < -0.3 is 10.2 Å². The molecule has 0 aliphatic heterocycles. The van der Waals surface area contributed by atoms with Crippen LogP contribution in [0.3, 0.4) is 0 Å². The second-order valence-corrected chi connectivity index (χ2v) is 6.46. The standard InChI is InChI=1S/C17H28N2OS/c1-6-19(14(4)13(2)3)12-11-17(20)18-15-9-7-8-10-16(15)21-5/h7-10,13-14H,6,11-12H2,1-5H3,(H,18,20). The van der Waals surface area contributed by atoms with Gasteiger partial charge in [0.25, 0.3) is 0 Å². The number of rotatable bonds is 8. The van der Waals surface area contributed by atoms with E-state index in [4.69, 9.17) is 0 Å². The number of nitrogens with zero attached hydrogens (tertiary/aromatic N) is 1. The van der Waals surface area contributed by atoms with Gasteiger partial charge in [0.2, 0.25) is 5.91 Å². The molecule has 1 amide bonds. The molecule has 0 aliphatic carbocycles. The lowest BCUT2D eigenvalue weighted by atomic mass is 10.0. The first-order valence-corrected chi connectivity index (χ1v) is 8.89. The SMILES string of the molecule is CCN(CCC(=O)Nc1ccccc1SC)C(C)C(C)C. The maximum absolute atomic E-state index is 12.1. The van der Waals surface area contributed by atoms with E-state index in [9.17, 15) is 4.79 Å². The summed E-state index contributed by atoms with van der Waals surface area (Å²) in [6.07, 6.45) is 2.56. The van der Waals surface area contributed by atoms with Crippen LogP contribution in [0, 0.1) is 5.92 Å². The van der Waals surface area contributed by atoms with E-state index in [0.29, 0.717) is 18.4 Å². The number of carbonyl (C=O) groups excluding carboxylic acids is 1. The van der Waals surface area contributed by atoms with Crippen molar-refractivity contribution < 1.29 is 4.79 Å². The third kappa shape index (κ3) is 5.71. The van der Waals surface area contributed by atoms with Gasteiger partial charge in [-0.2, -0.15) is 0 Å². The molecule has 0 spiro atoms. The van der Waals surface area contributed by atoms with E-state index in [2.05, 4.69) is 37.9 Å². The molecule has 0 aromatic heterocycles. The molecule has 0 saturated carbocycles. The van der Waals surface area contributed by atoms with Crippen molar-refractivity contribution in [1.29, 1.82) is 0 Å². The van der Waals surface area contributed by atoms with E-state index in [1.807, 2.05) is 30.5 Å². The van der Waals surface area contributed by atoms with E-state index < -0.39 is 0 Å². The Morgan fingerprint density at radius 3 is 2.52 bits per heavy atom. The minimum atomic E-state index is 0.0888. The fourth-order valence-corrected chi connectivity index (χ4v) is 2.83. The van der Waals surface area contributed by atoms with Crippen molar-refractivity contribution >= 4 is 23.4 Å². The highest BCUT2D eigenvalue weighted by molar-refractivity contribution is 7.98. The van der Waals surface area contributed by atoms with Crippen molar-refractivity contribution in [3.8, 4) is 0 Å². The van der Waals surface area contributed by atoms with Gasteiger partial charge in [-0.1, -0.05) is 32.9 Å². The highest BCUT2D eigenvalue weighted by atomic mass is 32.2. The first-order valence-electron chi connectivity index (χ1n) is 7.66. The van der Waals surface area contributed by atoms with Crippen molar-refractivity contribution in [2.45, 2.75) is 45.1 Å². The van der Waals surface area contributed by atoms with Gasteiger partial charge in [-0.3, -0.25) is 4.79 Å². The second-order valence-electron chi connectivity index (χ2n) is 5.61. The Balaban J connectivity index is 2.54. The summed E-state index contributed by atoms with van der Waals surface area (Å²) in [6.45, 7) is 10.6. The molecule has 1 rings (SSSR count). The fourth-order valence-electron chi connectivity index (χ4n) is 2.28. The van der Waals surface area contributed by atoms with Crippen LogP contribution in [0.15, 0.2) is 29.2 Å². The maximum Gasteiger partial charge on any atom is 0.225 e. The van der Waals surface area contributed by atoms with E-state index in [1.165, 1.54) is 0 Å². The van der Waals surface area contributed by atoms with Crippen molar-refractivity contribution in [3.05, 3.63) is 24.3 Å². The van der Waals surface area contributed by atoms with Gasteiger partial charge in [0.1, 0.15) is 0 Å². The Hall–Kier alpha value is -1.00. The Morgan fingerprint density at radius 1 is 1.29 bits per heavy atom. The van der Waals surface area contributed by atoms with Gasteiger partial charge in [-0.25, -0.2) is 0 Å². The molecule has 1 aromatic rings. The first kappa shape index (κ1) is 18.1. The lowest BCUT2D eigenvalue weighted by Crippen LogP contribution is -2.38. The van der Waals surface area contributed by atoms with Crippen molar-refractivity contribution in [2.24, 2.45) is 5.92 Å². The van der Waals surface area contributed by atoms with Crippen LogP contribution >= 0.6 is 11.8 Å². The largest absolute Gasteiger partial charge is 0.325 e. The minimum absolute atomic E-state index is 0.0888. The zero-order valence-corrected chi connectivity index (χ0v) is 14.7. The normalized spacial score (nSPS) is 12.7. The summed E-state index contributed by atoms with van der Waals surface area (Å²) in [5.41, 5.74) is 0.912. The summed E-state index contributed by atoms with van der Waals surface area (Å²) < 4.78 is 0. The summed E-state index contributed by atoms with van der Waals surface area (Å²) in [6, 6.07) is 8.43. The Labute approximate surface area is 133 Å². The monoisotopic (exact) mass is 308 g/mol. The van der Waals surface area contributed by atoms with Gasteiger partial charge in [0.15, 0.2) is 0 Å². The maximum atomic E-state index is 12.1. The van der Waals surface area contributed by atoms with Gasteiger partial charge >= 0.3 is 0 Å². The lowest BCUT2D eigenvalue weighted by Gasteiger charge is -2.30. The van der Waals surface area contributed by atoms with Crippen molar-refractivity contribution in [2.75, 3.05) is 24.7 Å². The van der Waals surface area contributed by atoms with Crippen LogP contribution in [0.4, 0.5) is 5.69 Å². The number of carbonyl (C=O) groups is 1. The van der Waals surface area contributed by atoms with Crippen LogP contribution in [0.1, 0.15) is 34.1 Å². The van der Waals surface area contributed by atoms with E-state index in [-0.39, 0.29) is 5.91 Å². The topological polar surface area (TPSA) is 32.3 Å². The molecular formula is C17H28N2OS. The van der Waals surface area contributed by atoms with Crippen LogP contribution in [0.5, 0.6) is 0 Å². The molecule has 118 valence electrons. The van der Waals surface area contributed by atoms with Crippen LogP contribution < -0.4 is 5.32 Å². The number of benzene rings is 1. The molecule has 4 heteroatoms. The number of amides is 1. The van der Waals surface area contributed by atoms with Crippen LogP contribution in [-0.2, 0) is 4.79 Å². The second kappa shape index (κ2) is 9.11. The molecule has 1 aromatic carbocycles. The molecule has 1 atom stereocenters. The number of anilines is 1. The Morgan fingerprint density at radius 2 is 1.95 bits per heavy atom. The quantitative estimate of drug-likeness (QED) is 0.734. The third-order valence-corrected chi connectivity index (χ3v) is 4.75. The van der Waals surface area contributed by atoms with E-state index >= 15 is 0 Å². The molecule has 0 bridgehead atoms. The van der Waals surface area contributed by atoms with Crippen molar-refractivity contribution in [1.82, 2.24) is 4.90 Å². The van der Waals surface area contributed by atoms with Crippen LogP contribution in [-0.4, -0.2) is 36.2 Å². The van der Waals surface area contributed by atoms with E-state index in [1.54, 1.807) is 11.8 Å². The molecule has 1 N–H and O–H groups in total. The number of hydrogen-bond donors (Lipinski definition) is 1. The zero-order chi connectivity index (χ0) is 15.8. The smallest absolute Gasteiger partial charge is 0.225 e. The average molecular weight is 308 g/mol.